The predicted octanol–water partition coefficient (Wildman–Crippen LogP) is 8.39. The van der Waals surface area contributed by atoms with E-state index in [2.05, 4.69) is 54.6 Å². The molecule has 9 aliphatic carbocycles. The molecule has 18 rings (SSSR count). The summed E-state index contributed by atoms with van der Waals surface area (Å²) in [4.78, 5) is 14.0. The fourth-order valence-corrected chi connectivity index (χ4v) is 16.7. The van der Waals surface area contributed by atoms with Gasteiger partial charge in [0.1, 0.15) is 0 Å². The summed E-state index contributed by atoms with van der Waals surface area (Å²) in [7, 11) is 0. The highest BCUT2D eigenvalue weighted by Gasteiger charge is 2.60. The first-order valence-corrected chi connectivity index (χ1v) is 19.8. The zero-order valence-electron chi connectivity index (χ0n) is 28.1. The summed E-state index contributed by atoms with van der Waals surface area (Å²) in [6.07, 6.45) is 11.2. The first kappa shape index (κ1) is 23.5. The number of rotatable bonds is 2. The Labute approximate surface area is 290 Å². The third-order valence-corrected chi connectivity index (χ3v) is 17.4. The van der Waals surface area contributed by atoms with Crippen molar-refractivity contribution in [3.63, 3.8) is 0 Å². The van der Waals surface area contributed by atoms with E-state index in [9.17, 15) is 4.79 Å². The van der Waals surface area contributed by atoms with Gasteiger partial charge in [-0.1, -0.05) is 60.2 Å². The third kappa shape index (κ3) is 1.83. The maximum atomic E-state index is 14.0. The Balaban J connectivity index is 1.23. The second kappa shape index (κ2) is 6.36. The molecular weight excluding hydrogens is 617 g/mol. The maximum absolute atomic E-state index is 14.0. The van der Waals surface area contributed by atoms with E-state index in [1.54, 1.807) is 130 Å². The summed E-state index contributed by atoms with van der Waals surface area (Å²) in [6.45, 7) is 1.85. The van der Waals surface area contributed by atoms with E-state index in [0.717, 1.165) is 18.4 Å². The highest BCUT2D eigenvalue weighted by molar-refractivity contribution is 6.52. The lowest BCUT2D eigenvalue weighted by Crippen LogP contribution is -2.40. The molecule has 0 aromatic heterocycles. The van der Waals surface area contributed by atoms with E-state index in [0.29, 0.717) is 23.7 Å². The number of hydrogen-bond donors (Lipinski definition) is 0. The van der Waals surface area contributed by atoms with Gasteiger partial charge in [0.25, 0.3) is 0 Å². The van der Waals surface area contributed by atoms with Crippen LogP contribution in [0, 0.1) is 17.8 Å². The van der Waals surface area contributed by atoms with Gasteiger partial charge in [0.05, 0.1) is 0 Å². The number of fused-ring (bicyclic) bond motifs is 1. The van der Waals surface area contributed by atoms with Crippen molar-refractivity contribution in [2.24, 2.45) is 17.8 Å². The van der Waals surface area contributed by atoms with Crippen LogP contribution in [0.1, 0.15) is 76.5 Å². The van der Waals surface area contributed by atoms with Crippen molar-refractivity contribution in [2.75, 3.05) is 0 Å². The average molecular weight is 645 g/mol. The molecule has 1 fully saturated rings. The summed E-state index contributed by atoms with van der Waals surface area (Å²) in [5, 5.41) is 28.0. The van der Waals surface area contributed by atoms with Gasteiger partial charge < -0.3 is 0 Å². The van der Waals surface area contributed by atoms with Gasteiger partial charge in [-0.3, -0.25) is 4.79 Å². The largest absolute Gasteiger partial charge is 0.295 e. The van der Waals surface area contributed by atoms with E-state index in [4.69, 9.17) is 0 Å². The van der Waals surface area contributed by atoms with Crippen LogP contribution in [0.5, 0.6) is 0 Å². The molecule has 1 saturated carbocycles. The summed E-state index contributed by atoms with van der Waals surface area (Å²) in [6, 6.07) is 16.6. The lowest BCUT2D eigenvalue weighted by Gasteiger charge is -2.42. The van der Waals surface area contributed by atoms with Crippen LogP contribution in [-0.2, 0) is 29.5 Å². The number of hydrogen-bond acceptors (Lipinski definition) is 1. The molecule has 0 amide bonds. The van der Waals surface area contributed by atoms with Crippen molar-refractivity contribution >= 4 is 98.4 Å². The number of carbonyl (C=O) groups is 1. The first-order valence-electron chi connectivity index (χ1n) is 19.8. The predicted molar refractivity (Wildman–Crippen MR) is 205 cm³/mol. The van der Waals surface area contributed by atoms with Crippen LogP contribution < -0.4 is 15.7 Å². The molecule has 0 aliphatic heterocycles. The molecular formula is C50H28O. The Morgan fingerprint density at radius 2 is 1.47 bits per heavy atom. The summed E-state index contributed by atoms with van der Waals surface area (Å²) >= 11 is 0. The van der Waals surface area contributed by atoms with Crippen LogP contribution >= 0.6 is 0 Å². The van der Waals surface area contributed by atoms with Crippen LogP contribution in [0.2, 0.25) is 0 Å². The van der Waals surface area contributed by atoms with Crippen molar-refractivity contribution in [1.82, 2.24) is 0 Å². The molecule has 1 spiro atoms. The van der Waals surface area contributed by atoms with Crippen LogP contribution in [0.25, 0.3) is 92.6 Å². The average Bonchev–Trinajstić information content (AvgIpc) is 3.98. The summed E-state index contributed by atoms with van der Waals surface area (Å²) in [5.41, 5.74) is 15.7. The molecule has 7 atom stereocenters. The van der Waals surface area contributed by atoms with Crippen LogP contribution in [0.4, 0.5) is 0 Å². The Hall–Kier alpha value is -5.01. The van der Waals surface area contributed by atoms with E-state index in [1.165, 1.54) is 24.8 Å². The monoisotopic (exact) mass is 644 g/mol. The second-order valence-corrected chi connectivity index (χ2v) is 18.8. The molecule has 7 unspecified atom stereocenters. The number of Topliss-reactive ketones (excluding diaryl/α,β-unsaturated/α-hetero) is 1. The third-order valence-electron chi connectivity index (χ3n) is 17.4. The normalized spacial score (nSPS) is 31.6. The van der Waals surface area contributed by atoms with Gasteiger partial charge in [-0.15, -0.1) is 0 Å². The van der Waals surface area contributed by atoms with E-state index in [1.807, 2.05) is 12.5 Å². The van der Waals surface area contributed by atoms with Gasteiger partial charge >= 0.3 is 0 Å². The number of ketones is 1. The van der Waals surface area contributed by atoms with Crippen molar-refractivity contribution in [1.29, 1.82) is 0 Å². The molecule has 51 heavy (non-hydrogen) atoms. The number of allylic oxidation sites excluding steroid dienone is 2. The Kier molecular flexibility index (Phi) is 2.93. The van der Waals surface area contributed by atoms with Crippen LogP contribution in [0.3, 0.4) is 0 Å². The van der Waals surface area contributed by atoms with Crippen LogP contribution in [-0.4, -0.2) is 5.78 Å². The minimum Gasteiger partial charge on any atom is -0.295 e. The standard InChI is InChI=1S/C50H28O/c1-16(51)26-15-50-14-24-12-22-10-19-7-18-8-21-9-20-11-23-13-25(48(50)27(26)17-5-3-2-4-6-17)35-40-31(23)30(20)37-32(21)36-28(18)29(19)38-33(22)39-34(24)49(50)47(35)46-44(39)42(38)41(36)43(37)45(40)46/h2-6,8-9,12,15,18-19,23,27,29,48H,7,10-11,13-14H2,1H3. The van der Waals surface area contributed by atoms with E-state index >= 15 is 0 Å². The molecule has 9 aromatic carbocycles. The first-order chi connectivity index (χ1) is 25.1. The van der Waals surface area contributed by atoms with Gasteiger partial charge in [-0.2, -0.15) is 0 Å². The zero-order chi connectivity index (χ0) is 32.0. The van der Waals surface area contributed by atoms with Gasteiger partial charge in [-0.05, 0) is 192 Å². The van der Waals surface area contributed by atoms with Crippen LogP contribution in [0.15, 0.2) is 54.1 Å². The molecule has 0 saturated heterocycles. The van der Waals surface area contributed by atoms with Crippen molar-refractivity contribution < 1.29 is 4.79 Å². The Bertz CT molecular complexity index is 3670. The highest BCUT2D eigenvalue weighted by atomic mass is 16.1. The van der Waals surface area contributed by atoms with Gasteiger partial charge in [0.2, 0.25) is 0 Å². The number of carbonyl (C=O) groups excluding carboxylic acids is 1. The quantitative estimate of drug-likeness (QED) is 0.173. The zero-order valence-corrected chi connectivity index (χ0v) is 28.1. The summed E-state index contributed by atoms with van der Waals surface area (Å²) < 4.78 is 0. The molecule has 9 aliphatic rings. The molecule has 0 bridgehead atoms. The van der Waals surface area contributed by atoms with E-state index in [-0.39, 0.29) is 23.0 Å². The minimum atomic E-state index is -0.169. The van der Waals surface area contributed by atoms with Crippen molar-refractivity contribution in [3.8, 4) is 0 Å². The molecule has 0 N–H and O–H groups in total. The number of benzene rings is 6. The fourth-order valence-electron chi connectivity index (χ4n) is 16.7. The maximum Gasteiger partial charge on any atom is 0.156 e. The highest BCUT2D eigenvalue weighted by Crippen LogP contribution is 2.72. The molecule has 0 radical (unpaired) electrons. The lowest BCUT2D eigenvalue weighted by atomic mass is 9.60. The van der Waals surface area contributed by atoms with Crippen molar-refractivity contribution in [2.45, 2.75) is 62.2 Å². The summed E-state index contributed by atoms with van der Waals surface area (Å²) in [5.74, 6) is 3.04. The SMILES string of the molecule is CC(=O)C1=CC23Cc4cc5c6c7c8c9c%10c%11c(cc%12c%13c%14c%15c(c%16c2c4c6c8c%16c%15c9c%13%11)=C(CC%14C%12)C3C1c1ccccc1)=CC1CC(C5)C7C=%101. The Morgan fingerprint density at radius 1 is 0.686 bits per heavy atom. The molecule has 1 nitrogen and oxygen atoms in total. The minimum absolute atomic E-state index is 0.0991. The molecule has 234 valence electrons. The van der Waals surface area contributed by atoms with Gasteiger partial charge in [-0.25, -0.2) is 0 Å². The van der Waals surface area contributed by atoms with Crippen molar-refractivity contribution in [3.05, 3.63) is 109 Å². The lowest BCUT2D eigenvalue weighted by molar-refractivity contribution is -0.113. The Morgan fingerprint density at radius 3 is 2.37 bits per heavy atom. The molecule has 1 heteroatoms. The molecule has 9 aromatic rings. The second-order valence-electron chi connectivity index (χ2n) is 18.8. The van der Waals surface area contributed by atoms with Gasteiger partial charge in [0, 0.05) is 29.1 Å². The van der Waals surface area contributed by atoms with Gasteiger partial charge in [0.15, 0.2) is 5.78 Å². The molecule has 0 heterocycles. The fraction of sp³-hybridized carbons (Fsp3) is 0.260. The topological polar surface area (TPSA) is 17.1 Å². The van der Waals surface area contributed by atoms with E-state index < -0.39 is 0 Å². The smallest absolute Gasteiger partial charge is 0.156 e.